The Morgan fingerprint density at radius 1 is 1.24 bits per heavy atom. The van der Waals surface area contributed by atoms with Crippen molar-refractivity contribution in [2.24, 2.45) is 5.73 Å². The fraction of sp³-hybridized carbons (Fsp3) is 0.231. The molecule has 2 aromatic rings. The third-order valence-electron chi connectivity index (χ3n) is 2.42. The number of benzene rings is 1. The van der Waals surface area contributed by atoms with Crippen LogP contribution in [0.25, 0.3) is 0 Å². The number of halogens is 1. The minimum absolute atomic E-state index is 0.342. The zero-order valence-corrected chi connectivity index (χ0v) is 12.7. The van der Waals surface area contributed by atoms with E-state index in [4.69, 9.17) is 5.73 Å². The Morgan fingerprint density at radius 2 is 1.94 bits per heavy atom. The highest BCUT2D eigenvalue weighted by molar-refractivity contribution is 9.11. The lowest BCUT2D eigenvalue weighted by Gasteiger charge is -2.12. The molecule has 0 radical (unpaired) electrons. The summed E-state index contributed by atoms with van der Waals surface area (Å²) < 4.78 is 1.16. The zero-order chi connectivity index (χ0) is 12.3. The second-order valence-corrected chi connectivity index (χ2v) is 7.57. The van der Waals surface area contributed by atoms with Crippen molar-refractivity contribution in [2.45, 2.75) is 17.1 Å². The minimum atomic E-state index is 0.342. The van der Waals surface area contributed by atoms with Crippen LogP contribution in [0.5, 0.6) is 0 Å². The van der Waals surface area contributed by atoms with Gasteiger partial charge in [0.25, 0.3) is 0 Å². The summed E-state index contributed by atoms with van der Waals surface area (Å²) in [6, 6.07) is 12.8. The summed E-state index contributed by atoms with van der Waals surface area (Å²) in [5.41, 5.74) is 7.15. The van der Waals surface area contributed by atoms with E-state index >= 15 is 0 Å². The van der Waals surface area contributed by atoms with E-state index in [1.165, 1.54) is 15.3 Å². The van der Waals surface area contributed by atoms with Crippen LogP contribution in [0.15, 0.2) is 45.1 Å². The molecule has 1 aromatic heterocycles. The maximum absolute atomic E-state index is 5.86. The van der Waals surface area contributed by atoms with Crippen LogP contribution in [0, 0.1) is 6.92 Å². The van der Waals surface area contributed by atoms with Crippen LogP contribution < -0.4 is 5.73 Å². The summed E-state index contributed by atoms with van der Waals surface area (Å²) in [6.07, 6.45) is 0. The third-order valence-corrected chi connectivity index (χ3v) is 5.59. The summed E-state index contributed by atoms with van der Waals surface area (Å²) in [5, 5.41) is 0.342. The molecule has 1 nitrogen and oxygen atoms in total. The molecule has 90 valence electrons. The van der Waals surface area contributed by atoms with E-state index in [0.29, 0.717) is 11.8 Å². The van der Waals surface area contributed by atoms with Gasteiger partial charge in [-0.1, -0.05) is 17.7 Å². The molecule has 1 aromatic carbocycles. The normalized spacial score (nSPS) is 12.6. The molecule has 0 aliphatic rings. The van der Waals surface area contributed by atoms with Crippen molar-refractivity contribution in [3.8, 4) is 0 Å². The standard InChI is InChI=1S/C13H14BrNS2/c1-9-2-4-10(5-3-9)16-12(8-15)11-6-7-13(14)17-11/h2-7,12H,8,15H2,1H3. The number of thiophene rings is 1. The number of aryl methyl sites for hydroxylation is 1. The van der Waals surface area contributed by atoms with Gasteiger partial charge in [0.2, 0.25) is 0 Å². The quantitative estimate of drug-likeness (QED) is 0.830. The summed E-state index contributed by atoms with van der Waals surface area (Å²) >= 11 is 7.08. The number of hydrogen-bond acceptors (Lipinski definition) is 3. The van der Waals surface area contributed by atoms with Crippen molar-refractivity contribution in [3.05, 3.63) is 50.6 Å². The molecule has 0 fully saturated rings. The molecule has 2 rings (SSSR count). The van der Waals surface area contributed by atoms with Gasteiger partial charge in [-0.05, 0) is 47.1 Å². The van der Waals surface area contributed by atoms with Gasteiger partial charge in [-0.2, -0.15) is 0 Å². The molecule has 0 amide bonds. The van der Waals surface area contributed by atoms with Gasteiger partial charge in [-0.3, -0.25) is 0 Å². The van der Waals surface area contributed by atoms with Crippen molar-refractivity contribution >= 4 is 39.0 Å². The Balaban J connectivity index is 2.12. The maximum atomic E-state index is 5.86. The van der Waals surface area contributed by atoms with Crippen LogP contribution >= 0.6 is 39.0 Å². The van der Waals surface area contributed by atoms with Gasteiger partial charge in [0.05, 0.1) is 9.04 Å². The van der Waals surface area contributed by atoms with E-state index in [9.17, 15) is 0 Å². The Morgan fingerprint density at radius 3 is 2.47 bits per heavy atom. The first kappa shape index (κ1) is 13.1. The lowest BCUT2D eigenvalue weighted by atomic mass is 10.2. The summed E-state index contributed by atoms with van der Waals surface area (Å²) in [5.74, 6) is 0. The molecule has 0 spiro atoms. The molecule has 0 aliphatic heterocycles. The minimum Gasteiger partial charge on any atom is -0.329 e. The molecule has 1 atom stereocenters. The molecule has 0 aliphatic carbocycles. The van der Waals surface area contributed by atoms with E-state index in [1.807, 2.05) is 11.8 Å². The Kier molecular flexibility index (Phi) is 4.68. The molecular weight excluding hydrogens is 314 g/mol. The highest BCUT2D eigenvalue weighted by Crippen LogP contribution is 2.38. The molecule has 4 heteroatoms. The summed E-state index contributed by atoms with van der Waals surface area (Å²) in [4.78, 5) is 2.60. The average Bonchev–Trinajstić information content (AvgIpc) is 2.75. The topological polar surface area (TPSA) is 26.0 Å². The van der Waals surface area contributed by atoms with E-state index in [-0.39, 0.29) is 0 Å². The first-order valence-electron chi connectivity index (χ1n) is 5.37. The van der Waals surface area contributed by atoms with E-state index in [1.54, 1.807) is 11.3 Å². The molecular formula is C13H14BrNS2. The highest BCUT2D eigenvalue weighted by Gasteiger charge is 2.13. The first-order valence-corrected chi connectivity index (χ1v) is 7.86. The van der Waals surface area contributed by atoms with Gasteiger partial charge in [0.15, 0.2) is 0 Å². The third kappa shape index (κ3) is 3.58. The monoisotopic (exact) mass is 327 g/mol. The molecule has 1 unspecified atom stereocenters. The SMILES string of the molecule is Cc1ccc(SC(CN)c2ccc(Br)s2)cc1. The van der Waals surface area contributed by atoms with Gasteiger partial charge >= 0.3 is 0 Å². The summed E-state index contributed by atoms with van der Waals surface area (Å²) in [6.45, 7) is 2.76. The molecule has 0 saturated heterocycles. The second kappa shape index (κ2) is 6.05. The van der Waals surface area contributed by atoms with Gasteiger partial charge in [0, 0.05) is 16.3 Å². The van der Waals surface area contributed by atoms with Crippen LogP contribution in [0.2, 0.25) is 0 Å². The lowest BCUT2D eigenvalue weighted by Crippen LogP contribution is -2.07. The molecule has 2 N–H and O–H groups in total. The van der Waals surface area contributed by atoms with Gasteiger partial charge < -0.3 is 5.73 Å². The van der Waals surface area contributed by atoms with Crippen molar-refractivity contribution in [1.82, 2.24) is 0 Å². The maximum Gasteiger partial charge on any atom is 0.0701 e. The zero-order valence-electron chi connectivity index (χ0n) is 9.52. The number of thioether (sulfide) groups is 1. The van der Waals surface area contributed by atoms with Crippen LogP contribution in [0.1, 0.15) is 15.7 Å². The largest absolute Gasteiger partial charge is 0.329 e. The number of nitrogens with two attached hydrogens (primary N) is 1. The van der Waals surface area contributed by atoms with Crippen molar-refractivity contribution in [2.75, 3.05) is 6.54 Å². The van der Waals surface area contributed by atoms with Crippen molar-refractivity contribution in [1.29, 1.82) is 0 Å². The predicted molar refractivity (Wildman–Crippen MR) is 80.9 cm³/mol. The molecule has 17 heavy (non-hydrogen) atoms. The number of rotatable bonds is 4. The van der Waals surface area contributed by atoms with Crippen LogP contribution in [-0.2, 0) is 0 Å². The molecule has 1 heterocycles. The first-order chi connectivity index (χ1) is 8.19. The van der Waals surface area contributed by atoms with Crippen LogP contribution in [0.3, 0.4) is 0 Å². The Labute approximate surface area is 119 Å². The van der Waals surface area contributed by atoms with E-state index < -0.39 is 0 Å². The van der Waals surface area contributed by atoms with Crippen molar-refractivity contribution < 1.29 is 0 Å². The molecule has 0 bridgehead atoms. The van der Waals surface area contributed by atoms with Crippen LogP contribution in [-0.4, -0.2) is 6.54 Å². The predicted octanol–water partition coefficient (Wildman–Crippen LogP) is 4.61. The smallest absolute Gasteiger partial charge is 0.0701 e. The highest BCUT2D eigenvalue weighted by atomic mass is 79.9. The van der Waals surface area contributed by atoms with E-state index in [2.05, 4.69) is 59.3 Å². The number of hydrogen-bond donors (Lipinski definition) is 1. The fourth-order valence-corrected chi connectivity index (χ4v) is 4.12. The molecule has 0 saturated carbocycles. The van der Waals surface area contributed by atoms with Gasteiger partial charge in [-0.15, -0.1) is 23.1 Å². The lowest BCUT2D eigenvalue weighted by molar-refractivity contribution is 0.960. The average molecular weight is 328 g/mol. The Bertz CT molecular complexity index is 478. The van der Waals surface area contributed by atoms with Crippen molar-refractivity contribution in [3.63, 3.8) is 0 Å². The summed E-state index contributed by atoms with van der Waals surface area (Å²) in [7, 11) is 0. The van der Waals surface area contributed by atoms with Gasteiger partial charge in [-0.25, -0.2) is 0 Å². The van der Waals surface area contributed by atoms with E-state index in [0.717, 1.165) is 3.79 Å². The van der Waals surface area contributed by atoms with Gasteiger partial charge in [0.1, 0.15) is 0 Å². The Hall–Kier alpha value is -0.290. The van der Waals surface area contributed by atoms with Crippen LogP contribution in [0.4, 0.5) is 0 Å². The second-order valence-electron chi connectivity index (χ2n) is 3.80. The fourth-order valence-electron chi connectivity index (χ4n) is 1.50.